The van der Waals surface area contributed by atoms with E-state index in [9.17, 15) is 22.8 Å². The first kappa shape index (κ1) is 26.4. The summed E-state index contributed by atoms with van der Waals surface area (Å²) >= 11 is 0. The number of rotatable bonds is 9. The molecule has 4 rings (SSSR count). The lowest BCUT2D eigenvalue weighted by Gasteiger charge is -2.30. The standard InChI is InChI=1S/C27H28F3N3O4/c1-2-36-27(35)19-9-11-33(12-10-19)26(34)24-17-37-25(31-24)16-32(14-18-3-6-21(28)7-4-18)15-20-5-8-22(29)13-23(20)30/h3-8,13,17,19H,2,9-12,14-16H2,1H3. The number of nitrogens with zero attached hydrogens (tertiary/aromatic N) is 3. The highest BCUT2D eigenvalue weighted by molar-refractivity contribution is 5.92. The topological polar surface area (TPSA) is 75.9 Å². The van der Waals surface area contributed by atoms with Crippen LogP contribution in [-0.2, 0) is 29.2 Å². The number of carbonyl (C=O) groups is 2. The van der Waals surface area contributed by atoms with Crippen molar-refractivity contribution in [2.75, 3.05) is 19.7 Å². The van der Waals surface area contributed by atoms with E-state index in [1.165, 1.54) is 30.5 Å². The first-order valence-electron chi connectivity index (χ1n) is 12.1. The monoisotopic (exact) mass is 515 g/mol. The molecule has 0 radical (unpaired) electrons. The lowest BCUT2D eigenvalue weighted by molar-refractivity contribution is -0.149. The van der Waals surface area contributed by atoms with Crippen LogP contribution in [0.5, 0.6) is 0 Å². The number of likely N-dealkylation sites (tertiary alicyclic amines) is 1. The molecule has 0 atom stereocenters. The van der Waals surface area contributed by atoms with Crippen molar-refractivity contribution in [2.24, 2.45) is 5.92 Å². The third-order valence-electron chi connectivity index (χ3n) is 6.26. The normalized spacial score (nSPS) is 14.2. The van der Waals surface area contributed by atoms with E-state index in [0.29, 0.717) is 39.1 Å². The minimum absolute atomic E-state index is 0.108. The molecule has 196 valence electrons. The minimum atomic E-state index is -0.682. The molecule has 1 fully saturated rings. The number of oxazole rings is 1. The zero-order valence-corrected chi connectivity index (χ0v) is 20.5. The fourth-order valence-electron chi connectivity index (χ4n) is 4.32. The Kier molecular flexibility index (Phi) is 8.60. The zero-order valence-electron chi connectivity index (χ0n) is 20.5. The van der Waals surface area contributed by atoms with E-state index in [0.717, 1.165) is 11.6 Å². The van der Waals surface area contributed by atoms with Crippen molar-refractivity contribution >= 4 is 11.9 Å². The van der Waals surface area contributed by atoms with Crippen molar-refractivity contribution in [1.29, 1.82) is 0 Å². The van der Waals surface area contributed by atoms with Crippen LogP contribution in [0.2, 0.25) is 0 Å². The average molecular weight is 516 g/mol. The Labute approximate surface area is 212 Å². The van der Waals surface area contributed by atoms with Crippen LogP contribution in [0.1, 0.15) is 47.3 Å². The van der Waals surface area contributed by atoms with Gasteiger partial charge in [0.15, 0.2) is 5.69 Å². The summed E-state index contributed by atoms with van der Waals surface area (Å²) < 4.78 is 51.7. The van der Waals surface area contributed by atoms with Crippen molar-refractivity contribution in [3.63, 3.8) is 0 Å². The third-order valence-corrected chi connectivity index (χ3v) is 6.26. The van der Waals surface area contributed by atoms with Crippen LogP contribution in [0, 0.1) is 23.4 Å². The number of carbonyl (C=O) groups excluding carboxylic acids is 2. The molecular weight excluding hydrogens is 487 g/mol. The second kappa shape index (κ2) is 12.1. The Morgan fingerprint density at radius 3 is 2.41 bits per heavy atom. The smallest absolute Gasteiger partial charge is 0.309 e. The van der Waals surface area contributed by atoms with Crippen LogP contribution in [0.25, 0.3) is 0 Å². The summed E-state index contributed by atoms with van der Waals surface area (Å²) in [6.45, 7) is 3.45. The number of halogens is 3. The van der Waals surface area contributed by atoms with E-state index in [1.54, 1.807) is 28.9 Å². The van der Waals surface area contributed by atoms with Crippen LogP contribution >= 0.6 is 0 Å². The highest BCUT2D eigenvalue weighted by Crippen LogP contribution is 2.21. The number of ether oxygens (including phenoxy) is 1. The van der Waals surface area contributed by atoms with Gasteiger partial charge in [-0.1, -0.05) is 18.2 Å². The molecule has 1 saturated heterocycles. The van der Waals surface area contributed by atoms with Gasteiger partial charge in [-0.05, 0) is 43.5 Å². The third kappa shape index (κ3) is 6.97. The summed E-state index contributed by atoms with van der Waals surface area (Å²) in [5.41, 5.74) is 1.19. The Bertz CT molecular complexity index is 1220. The predicted octanol–water partition coefficient (Wildman–Crippen LogP) is 4.71. The lowest BCUT2D eigenvalue weighted by Crippen LogP contribution is -2.40. The molecule has 10 heteroatoms. The maximum atomic E-state index is 14.3. The summed E-state index contributed by atoms with van der Waals surface area (Å²) in [7, 11) is 0. The predicted molar refractivity (Wildman–Crippen MR) is 127 cm³/mol. The van der Waals surface area contributed by atoms with Gasteiger partial charge in [-0.15, -0.1) is 0 Å². The second-order valence-corrected chi connectivity index (χ2v) is 8.95. The van der Waals surface area contributed by atoms with Gasteiger partial charge in [0, 0.05) is 37.8 Å². The molecule has 1 aromatic heterocycles. The van der Waals surface area contributed by atoms with E-state index >= 15 is 0 Å². The van der Waals surface area contributed by atoms with Crippen LogP contribution < -0.4 is 0 Å². The number of amides is 1. The zero-order chi connectivity index (χ0) is 26.4. The molecule has 1 amide bonds. The maximum Gasteiger partial charge on any atom is 0.309 e. The van der Waals surface area contributed by atoms with Gasteiger partial charge in [0.25, 0.3) is 5.91 Å². The van der Waals surface area contributed by atoms with Gasteiger partial charge >= 0.3 is 5.97 Å². The van der Waals surface area contributed by atoms with E-state index in [2.05, 4.69) is 4.98 Å². The number of benzene rings is 2. The first-order chi connectivity index (χ1) is 17.8. The van der Waals surface area contributed by atoms with E-state index in [1.807, 2.05) is 0 Å². The molecule has 1 aliphatic heterocycles. The highest BCUT2D eigenvalue weighted by Gasteiger charge is 2.30. The van der Waals surface area contributed by atoms with E-state index in [-0.39, 0.29) is 53.8 Å². The fraction of sp³-hybridized carbons (Fsp3) is 0.370. The second-order valence-electron chi connectivity index (χ2n) is 8.95. The van der Waals surface area contributed by atoms with Crippen LogP contribution in [0.3, 0.4) is 0 Å². The quantitative estimate of drug-likeness (QED) is 0.385. The highest BCUT2D eigenvalue weighted by atomic mass is 19.1. The van der Waals surface area contributed by atoms with Gasteiger partial charge in [0.1, 0.15) is 23.7 Å². The average Bonchev–Trinajstić information content (AvgIpc) is 3.35. The van der Waals surface area contributed by atoms with Gasteiger partial charge < -0.3 is 14.1 Å². The minimum Gasteiger partial charge on any atom is -0.466 e. The molecule has 7 nitrogen and oxygen atoms in total. The molecule has 0 aliphatic carbocycles. The van der Waals surface area contributed by atoms with Gasteiger partial charge in [-0.3, -0.25) is 14.5 Å². The van der Waals surface area contributed by atoms with Gasteiger partial charge in [0.05, 0.1) is 19.1 Å². The number of aromatic nitrogens is 1. The lowest BCUT2D eigenvalue weighted by atomic mass is 9.97. The molecule has 0 saturated carbocycles. The Balaban J connectivity index is 1.43. The Morgan fingerprint density at radius 1 is 1.03 bits per heavy atom. The number of piperidine rings is 1. The van der Waals surface area contributed by atoms with Crippen molar-refractivity contribution in [2.45, 2.75) is 39.4 Å². The van der Waals surface area contributed by atoms with E-state index < -0.39 is 11.6 Å². The molecular formula is C27H28F3N3O4. The van der Waals surface area contributed by atoms with E-state index in [4.69, 9.17) is 9.15 Å². The first-order valence-corrected chi connectivity index (χ1v) is 12.1. The van der Waals surface area contributed by atoms with Crippen molar-refractivity contribution in [3.05, 3.63) is 88.9 Å². The molecule has 2 aromatic carbocycles. The fourth-order valence-corrected chi connectivity index (χ4v) is 4.32. The van der Waals surface area contributed by atoms with Crippen LogP contribution in [0.15, 0.2) is 53.1 Å². The molecule has 0 unspecified atom stereocenters. The van der Waals surface area contributed by atoms with Crippen LogP contribution in [0.4, 0.5) is 13.2 Å². The summed E-state index contributed by atoms with van der Waals surface area (Å²) in [5, 5.41) is 0. The Hall–Kier alpha value is -3.66. The molecule has 2 heterocycles. The summed E-state index contributed by atoms with van der Waals surface area (Å²) in [4.78, 5) is 32.7. The molecule has 37 heavy (non-hydrogen) atoms. The summed E-state index contributed by atoms with van der Waals surface area (Å²) in [6.07, 6.45) is 2.32. The molecule has 0 N–H and O–H groups in total. The molecule has 0 spiro atoms. The summed E-state index contributed by atoms with van der Waals surface area (Å²) in [5.74, 6) is -2.24. The van der Waals surface area contributed by atoms with Crippen molar-refractivity contribution < 1.29 is 31.9 Å². The maximum absolute atomic E-state index is 14.3. The van der Waals surface area contributed by atoms with Gasteiger partial charge in [-0.25, -0.2) is 18.2 Å². The van der Waals surface area contributed by atoms with Crippen molar-refractivity contribution in [1.82, 2.24) is 14.8 Å². The Morgan fingerprint density at radius 2 is 1.73 bits per heavy atom. The van der Waals surface area contributed by atoms with Crippen molar-refractivity contribution in [3.8, 4) is 0 Å². The molecule has 1 aliphatic rings. The number of hydrogen-bond acceptors (Lipinski definition) is 6. The molecule has 3 aromatic rings. The SMILES string of the molecule is CCOC(=O)C1CCN(C(=O)c2coc(CN(Cc3ccc(F)cc3)Cc3ccc(F)cc3F)n2)CC1. The van der Waals surface area contributed by atoms with Gasteiger partial charge in [-0.2, -0.15) is 0 Å². The number of esters is 1. The number of hydrogen-bond donors (Lipinski definition) is 0. The van der Waals surface area contributed by atoms with Crippen LogP contribution in [-0.4, -0.2) is 46.4 Å². The summed E-state index contributed by atoms with van der Waals surface area (Å²) in [6, 6.07) is 9.27. The largest absolute Gasteiger partial charge is 0.466 e. The molecule has 0 bridgehead atoms. The van der Waals surface area contributed by atoms with Gasteiger partial charge in [0.2, 0.25) is 5.89 Å².